The minimum Gasteiger partial charge on any atom is -0.470 e. The summed E-state index contributed by atoms with van der Waals surface area (Å²) in [5, 5.41) is 6.04. The van der Waals surface area contributed by atoms with Crippen molar-refractivity contribution in [3.05, 3.63) is 70.6 Å². The van der Waals surface area contributed by atoms with E-state index in [1.165, 1.54) is 0 Å². The zero-order valence-electron chi connectivity index (χ0n) is 15.0. The smallest absolute Gasteiger partial charge is 0.347 e. The predicted octanol–water partition coefficient (Wildman–Crippen LogP) is 3.05. The first-order valence-corrected chi connectivity index (χ1v) is 8.77. The molecule has 144 valence electrons. The molecule has 1 amide bonds. The maximum absolute atomic E-state index is 12.3. The van der Waals surface area contributed by atoms with Crippen molar-refractivity contribution in [2.24, 2.45) is 0 Å². The van der Waals surface area contributed by atoms with E-state index in [0.717, 1.165) is 5.56 Å². The zero-order chi connectivity index (χ0) is 20.1. The van der Waals surface area contributed by atoms with E-state index in [-0.39, 0.29) is 18.1 Å². The van der Waals surface area contributed by atoms with Crippen molar-refractivity contribution in [1.29, 1.82) is 0 Å². The van der Waals surface area contributed by atoms with Crippen molar-refractivity contribution in [2.45, 2.75) is 6.92 Å². The highest BCUT2D eigenvalue weighted by Gasteiger charge is 2.32. The second-order valence-corrected chi connectivity index (χ2v) is 6.43. The molecule has 0 aromatic heterocycles. The van der Waals surface area contributed by atoms with Crippen molar-refractivity contribution in [3.63, 3.8) is 0 Å². The quantitative estimate of drug-likeness (QED) is 0.571. The first kappa shape index (κ1) is 19.4. The molecule has 0 fully saturated rings. The van der Waals surface area contributed by atoms with Crippen LogP contribution in [0.1, 0.15) is 5.56 Å². The van der Waals surface area contributed by atoms with Crippen LogP contribution in [0.2, 0.25) is 5.02 Å². The van der Waals surface area contributed by atoms with Gasteiger partial charge in [0.15, 0.2) is 18.8 Å². The van der Waals surface area contributed by atoms with E-state index in [1.54, 1.807) is 49.4 Å². The maximum Gasteiger partial charge on any atom is 0.347 e. The number of carbonyl (C=O) groups excluding carboxylic acids is 3. The van der Waals surface area contributed by atoms with E-state index < -0.39 is 24.3 Å². The number of anilines is 2. The zero-order valence-corrected chi connectivity index (χ0v) is 15.7. The van der Waals surface area contributed by atoms with Crippen LogP contribution in [0.4, 0.5) is 11.4 Å². The Kier molecular flexibility index (Phi) is 5.96. The molecule has 1 aliphatic heterocycles. The minimum absolute atomic E-state index is 0.00940. The fourth-order valence-corrected chi connectivity index (χ4v) is 2.75. The molecule has 1 heterocycles. The van der Waals surface area contributed by atoms with Gasteiger partial charge in [-0.05, 0) is 42.8 Å². The van der Waals surface area contributed by atoms with E-state index in [9.17, 15) is 14.4 Å². The molecule has 0 bridgehead atoms. The number of Topliss-reactive ketones (excluding diaryl/α,β-unsaturated/α-hetero) is 1. The standard InChI is InChI=1S/C20H17ClN2O5/c1-12-9-13(21)7-8-15(12)23-17(25)11-28-20(26)18-16(24)10-27-19(18)22-14-5-3-2-4-6-14/h2-9,22H,10-11H2,1H3,(H,23,25). The molecule has 8 heteroatoms. The number of benzene rings is 2. The lowest BCUT2D eigenvalue weighted by Gasteiger charge is -2.10. The summed E-state index contributed by atoms with van der Waals surface area (Å²) in [6.07, 6.45) is 0. The SMILES string of the molecule is Cc1cc(Cl)ccc1NC(=O)COC(=O)C1=C(Nc2ccccc2)OCC1=O. The maximum atomic E-state index is 12.3. The third-order valence-electron chi connectivity index (χ3n) is 3.89. The number of para-hydroxylation sites is 1. The third kappa shape index (κ3) is 4.69. The number of aryl methyl sites for hydroxylation is 1. The fraction of sp³-hybridized carbons (Fsp3) is 0.150. The molecule has 2 aromatic rings. The molecule has 1 aliphatic rings. The monoisotopic (exact) mass is 400 g/mol. The van der Waals surface area contributed by atoms with Crippen LogP contribution in [0, 0.1) is 6.92 Å². The largest absolute Gasteiger partial charge is 0.470 e. The molecule has 28 heavy (non-hydrogen) atoms. The molecule has 0 atom stereocenters. The van der Waals surface area contributed by atoms with Crippen LogP contribution in [0.25, 0.3) is 0 Å². The number of halogens is 1. The van der Waals surface area contributed by atoms with Crippen LogP contribution in [0.15, 0.2) is 60.0 Å². The Bertz CT molecular complexity index is 956. The third-order valence-corrected chi connectivity index (χ3v) is 4.12. The van der Waals surface area contributed by atoms with Crippen molar-refractivity contribution in [3.8, 4) is 0 Å². The molecule has 0 radical (unpaired) electrons. The number of ketones is 1. The molecule has 0 saturated carbocycles. The first-order chi connectivity index (χ1) is 13.4. The molecule has 0 unspecified atom stereocenters. The Hall–Kier alpha value is -3.32. The highest BCUT2D eigenvalue weighted by molar-refractivity contribution is 6.30. The van der Waals surface area contributed by atoms with Crippen LogP contribution < -0.4 is 10.6 Å². The molecule has 0 saturated heterocycles. The number of hydrogen-bond donors (Lipinski definition) is 2. The van der Waals surface area contributed by atoms with E-state index in [1.807, 2.05) is 6.07 Å². The number of amides is 1. The highest BCUT2D eigenvalue weighted by Crippen LogP contribution is 2.21. The van der Waals surface area contributed by atoms with Crippen LogP contribution in [0.5, 0.6) is 0 Å². The number of rotatable bonds is 6. The lowest BCUT2D eigenvalue weighted by molar-refractivity contribution is -0.144. The second-order valence-electron chi connectivity index (χ2n) is 5.99. The van der Waals surface area contributed by atoms with Crippen LogP contribution in [0.3, 0.4) is 0 Å². The van der Waals surface area contributed by atoms with Gasteiger partial charge in [0, 0.05) is 16.4 Å². The highest BCUT2D eigenvalue weighted by atomic mass is 35.5. The lowest BCUT2D eigenvalue weighted by Crippen LogP contribution is -2.24. The van der Waals surface area contributed by atoms with Gasteiger partial charge in [-0.25, -0.2) is 4.79 Å². The summed E-state index contributed by atoms with van der Waals surface area (Å²) in [6, 6.07) is 13.9. The minimum atomic E-state index is -0.927. The second kappa shape index (κ2) is 8.58. The fourth-order valence-electron chi connectivity index (χ4n) is 2.52. The van der Waals surface area contributed by atoms with Crippen LogP contribution in [-0.2, 0) is 23.9 Å². The molecular weight excluding hydrogens is 384 g/mol. The van der Waals surface area contributed by atoms with E-state index in [2.05, 4.69) is 10.6 Å². The topological polar surface area (TPSA) is 93.7 Å². The molecule has 3 rings (SSSR count). The van der Waals surface area contributed by atoms with Crippen LogP contribution in [-0.4, -0.2) is 30.9 Å². The van der Waals surface area contributed by atoms with Gasteiger partial charge in [-0.2, -0.15) is 0 Å². The Labute approximate surface area is 166 Å². The summed E-state index contributed by atoms with van der Waals surface area (Å²) in [4.78, 5) is 36.4. The molecule has 0 spiro atoms. The Balaban J connectivity index is 1.63. The van der Waals surface area contributed by atoms with Crippen LogP contribution >= 0.6 is 11.6 Å². The van der Waals surface area contributed by atoms with Gasteiger partial charge in [0.05, 0.1) is 0 Å². The molecule has 0 aliphatic carbocycles. The van der Waals surface area contributed by atoms with Gasteiger partial charge in [-0.1, -0.05) is 29.8 Å². The average molecular weight is 401 g/mol. The number of ether oxygens (including phenoxy) is 2. The van der Waals surface area contributed by atoms with Gasteiger partial charge in [0.25, 0.3) is 5.91 Å². The van der Waals surface area contributed by atoms with Crippen molar-refractivity contribution in [2.75, 3.05) is 23.8 Å². The van der Waals surface area contributed by atoms with Crippen molar-refractivity contribution < 1.29 is 23.9 Å². The first-order valence-electron chi connectivity index (χ1n) is 8.39. The average Bonchev–Trinajstić information content (AvgIpc) is 3.03. The summed E-state index contributed by atoms with van der Waals surface area (Å²) in [6.45, 7) is 0.973. The number of hydrogen-bond acceptors (Lipinski definition) is 6. The molecular formula is C20H17ClN2O5. The summed E-state index contributed by atoms with van der Waals surface area (Å²) in [7, 11) is 0. The number of esters is 1. The van der Waals surface area contributed by atoms with E-state index in [4.69, 9.17) is 21.1 Å². The summed E-state index contributed by atoms with van der Waals surface area (Å²) < 4.78 is 10.2. The van der Waals surface area contributed by atoms with Crippen molar-refractivity contribution in [1.82, 2.24) is 0 Å². The summed E-state index contributed by atoms with van der Waals surface area (Å²) in [5.41, 5.74) is 1.72. The van der Waals surface area contributed by atoms with Gasteiger partial charge in [-0.15, -0.1) is 0 Å². The Morgan fingerprint density at radius 1 is 1.18 bits per heavy atom. The van der Waals surface area contributed by atoms with E-state index in [0.29, 0.717) is 16.4 Å². The normalized spacial score (nSPS) is 13.1. The summed E-state index contributed by atoms with van der Waals surface area (Å²) >= 11 is 5.88. The summed E-state index contributed by atoms with van der Waals surface area (Å²) in [5.74, 6) is -1.97. The van der Waals surface area contributed by atoms with E-state index >= 15 is 0 Å². The Morgan fingerprint density at radius 2 is 1.93 bits per heavy atom. The van der Waals surface area contributed by atoms with Gasteiger partial charge in [0.1, 0.15) is 0 Å². The molecule has 2 aromatic carbocycles. The van der Waals surface area contributed by atoms with Gasteiger partial charge in [0.2, 0.25) is 11.7 Å². The van der Waals surface area contributed by atoms with Gasteiger partial charge >= 0.3 is 5.97 Å². The lowest BCUT2D eigenvalue weighted by atomic mass is 10.2. The predicted molar refractivity (Wildman–Crippen MR) is 104 cm³/mol. The molecule has 2 N–H and O–H groups in total. The Morgan fingerprint density at radius 3 is 2.64 bits per heavy atom. The van der Waals surface area contributed by atoms with Gasteiger partial charge in [-0.3, -0.25) is 9.59 Å². The van der Waals surface area contributed by atoms with Crippen molar-refractivity contribution >= 4 is 40.6 Å². The molecule has 7 nitrogen and oxygen atoms in total. The number of carbonyl (C=O) groups is 3. The van der Waals surface area contributed by atoms with Gasteiger partial charge < -0.3 is 20.1 Å². The number of nitrogens with one attached hydrogen (secondary N) is 2.